The fraction of sp³-hybridized carbons (Fsp3) is 0.235. The molecule has 0 saturated carbocycles. The molecule has 2 atom stereocenters. The van der Waals surface area contributed by atoms with E-state index in [-0.39, 0.29) is 26.0 Å². The number of ether oxygens (including phenoxy) is 2. The summed E-state index contributed by atoms with van der Waals surface area (Å²) >= 11 is 3.47. The number of amides is 1. The van der Waals surface area contributed by atoms with E-state index in [0.29, 0.717) is 35.8 Å². The summed E-state index contributed by atoms with van der Waals surface area (Å²) in [5, 5.41) is 9.03. The van der Waals surface area contributed by atoms with Crippen LogP contribution in [-0.2, 0) is 22.4 Å². The molecule has 0 aliphatic carbocycles. The summed E-state index contributed by atoms with van der Waals surface area (Å²) in [6.07, 6.45) is 0.280. The first-order chi connectivity index (χ1) is 21.4. The third-order valence-electron chi connectivity index (χ3n) is 7.18. The van der Waals surface area contributed by atoms with Gasteiger partial charge in [-0.25, -0.2) is 19.2 Å². The largest absolute Gasteiger partial charge is 0.494 e. The smallest absolute Gasteiger partial charge is 0.266 e. The minimum atomic E-state index is -1.40. The molecule has 0 aromatic heterocycles. The molecular formula is C34H32BrF2N3O4. The fourth-order valence-electron chi connectivity index (χ4n) is 5.04. The number of nitrogens with one attached hydrogen (secondary N) is 2. The number of aliphatic hydroxyl groups is 1. The first kappa shape index (κ1) is 31.3. The number of halogens is 3. The van der Waals surface area contributed by atoms with Crippen molar-refractivity contribution in [2.24, 2.45) is 4.99 Å². The van der Waals surface area contributed by atoms with Crippen LogP contribution in [0, 0.1) is 11.6 Å². The Kier molecular flexibility index (Phi) is 10.4. The van der Waals surface area contributed by atoms with Crippen LogP contribution in [0.1, 0.15) is 34.8 Å². The van der Waals surface area contributed by atoms with Crippen molar-refractivity contribution >= 4 is 27.7 Å². The van der Waals surface area contributed by atoms with Crippen LogP contribution < -0.4 is 15.6 Å². The second-order valence-corrected chi connectivity index (χ2v) is 11.3. The highest BCUT2D eigenvalue weighted by Gasteiger charge is 2.53. The molecular weight excluding hydrogens is 632 g/mol. The van der Waals surface area contributed by atoms with Crippen molar-refractivity contribution < 1.29 is 28.2 Å². The molecule has 0 spiro atoms. The summed E-state index contributed by atoms with van der Waals surface area (Å²) in [4.78, 5) is 19.2. The zero-order chi connectivity index (χ0) is 30.9. The molecule has 1 aliphatic rings. The lowest BCUT2D eigenvalue weighted by Crippen LogP contribution is -2.54. The average Bonchev–Trinajstić information content (AvgIpc) is 3.41. The van der Waals surface area contributed by atoms with Crippen molar-refractivity contribution in [2.45, 2.75) is 30.9 Å². The normalized spacial score (nSPS) is 17.5. The highest BCUT2D eigenvalue weighted by Crippen LogP contribution is 2.42. The molecule has 0 saturated heterocycles. The van der Waals surface area contributed by atoms with E-state index in [1.54, 1.807) is 12.1 Å². The van der Waals surface area contributed by atoms with Crippen LogP contribution in [0.5, 0.6) is 5.75 Å². The van der Waals surface area contributed by atoms with Gasteiger partial charge in [-0.3, -0.25) is 10.2 Å². The maximum atomic E-state index is 14.2. The van der Waals surface area contributed by atoms with Gasteiger partial charge in [0.05, 0.1) is 6.61 Å². The predicted molar refractivity (Wildman–Crippen MR) is 167 cm³/mol. The van der Waals surface area contributed by atoms with Gasteiger partial charge in [-0.05, 0) is 71.6 Å². The predicted octanol–water partition coefficient (Wildman–Crippen LogP) is 5.85. The molecule has 5 rings (SSSR count). The van der Waals surface area contributed by atoms with Gasteiger partial charge in [0.1, 0.15) is 17.4 Å². The van der Waals surface area contributed by atoms with E-state index in [2.05, 4.69) is 26.8 Å². The zero-order valence-corrected chi connectivity index (χ0v) is 25.4. The van der Waals surface area contributed by atoms with E-state index >= 15 is 0 Å². The number of nitrogens with zero attached hydrogens (tertiary/aromatic N) is 1. The first-order valence-electron chi connectivity index (χ1n) is 14.2. The number of hydrogen-bond donors (Lipinski definition) is 3. The summed E-state index contributed by atoms with van der Waals surface area (Å²) in [6.45, 7) is 0.666. The number of carbonyl (C=O) groups is 1. The Bertz CT molecular complexity index is 1570. The highest BCUT2D eigenvalue weighted by atomic mass is 79.9. The van der Waals surface area contributed by atoms with Crippen LogP contribution in [0.15, 0.2) is 107 Å². The monoisotopic (exact) mass is 663 g/mol. The van der Waals surface area contributed by atoms with E-state index in [1.807, 2.05) is 66.7 Å². The number of carbonyl (C=O) groups excluding carboxylic acids is 1. The fourth-order valence-corrected chi connectivity index (χ4v) is 5.30. The zero-order valence-electron chi connectivity index (χ0n) is 23.8. The first-order valence-corrected chi connectivity index (χ1v) is 15.0. The molecule has 0 fully saturated rings. The third-order valence-corrected chi connectivity index (χ3v) is 7.71. The summed E-state index contributed by atoms with van der Waals surface area (Å²) < 4.78 is 40.4. The van der Waals surface area contributed by atoms with Crippen LogP contribution >= 0.6 is 15.9 Å². The summed E-state index contributed by atoms with van der Waals surface area (Å²) in [5.41, 5.74) is 7.09. The standard InChI is InChI=1S/C34H32BrF2N3O4/c35-27-11-7-23(8-12-27)22-34(33(42)40-38-16-15-24-19-28(36)21-29(37)20-24)31(25-5-2-1-3-6-25)44-32(39-34)26-9-13-30(14-10-26)43-18-4-17-41/h1-3,5-14,19-21,31,38,41H,4,15-18,22H2,(H,40,42)/t31-,34-/m0/s1. The minimum Gasteiger partial charge on any atom is -0.494 e. The molecule has 3 N–H and O–H groups in total. The van der Waals surface area contributed by atoms with Crippen LogP contribution in [0.2, 0.25) is 0 Å². The maximum absolute atomic E-state index is 14.2. The molecule has 228 valence electrons. The van der Waals surface area contributed by atoms with Crippen molar-refractivity contribution in [1.29, 1.82) is 0 Å². The lowest BCUT2D eigenvalue weighted by Gasteiger charge is -2.31. The van der Waals surface area contributed by atoms with Gasteiger partial charge in [0.2, 0.25) is 5.90 Å². The van der Waals surface area contributed by atoms with Crippen molar-refractivity contribution in [2.75, 3.05) is 19.8 Å². The second kappa shape index (κ2) is 14.6. The Balaban J connectivity index is 1.45. The van der Waals surface area contributed by atoms with Crippen molar-refractivity contribution in [1.82, 2.24) is 10.9 Å². The molecule has 4 aromatic rings. The third kappa shape index (κ3) is 7.68. The number of hydrazine groups is 1. The van der Waals surface area contributed by atoms with E-state index in [9.17, 15) is 13.6 Å². The number of rotatable bonds is 13. The second-order valence-electron chi connectivity index (χ2n) is 10.4. The van der Waals surface area contributed by atoms with Gasteiger partial charge < -0.3 is 14.6 Å². The molecule has 1 amide bonds. The van der Waals surface area contributed by atoms with E-state index in [4.69, 9.17) is 19.6 Å². The molecule has 1 heterocycles. The molecule has 10 heteroatoms. The van der Waals surface area contributed by atoms with Crippen molar-refractivity contribution in [3.8, 4) is 5.75 Å². The van der Waals surface area contributed by atoms with E-state index in [0.717, 1.165) is 21.7 Å². The highest BCUT2D eigenvalue weighted by molar-refractivity contribution is 9.10. The summed E-state index contributed by atoms with van der Waals surface area (Å²) in [5.74, 6) is -0.778. The van der Waals surface area contributed by atoms with Gasteiger partial charge in [-0.15, -0.1) is 0 Å². The van der Waals surface area contributed by atoms with Crippen LogP contribution in [0.4, 0.5) is 8.78 Å². The lowest BCUT2D eigenvalue weighted by molar-refractivity contribution is -0.130. The average molecular weight is 665 g/mol. The van der Waals surface area contributed by atoms with Crippen LogP contribution in [0.25, 0.3) is 0 Å². The molecule has 1 aliphatic heterocycles. The number of aliphatic imine (C=N–C) groups is 1. The molecule has 4 aromatic carbocycles. The molecule has 44 heavy (non-hydrogen) atoms. The SMILES string of the molecule is O=C(NNCCc1cc(F)cc(F)c1)[C@@]1(Cc2ccc(Br)cc2)N=C(c2ccc(OCCCO)cc2)O[C@H]1c1ccccc1. The maximum Gasteiger partial charge on any atom is 0.266 e. The Morgan fingerprint density at radius 1 is 0.955 bits per heavy atom. The topological polar surface area (TPSA) is 92.2 Å². The summed E-state index contributed by atoms with van der Waals surface area (Å²) in [7, 11) is 0. The Labute approximate surface area is 263 Å². The Hall–Kier alpha value is -4.12. The minimum absolute atomic E-state index is 0.0460. The lowest BCUT2D eigenvalue weighted by atomic mass is 9.82. The molecule has 7 nitrogen and oxygen atoms in total. The molecule has 0 unspecified atom stereocenters. The molecule has 0 radical (unpaired) electrons. The van der Waals surface area contributed by atoms with Gasteiger partial charge in [-0.1, -0.05) is 58.4 Å². The van der Waals surface area contributed by atoms with E-state index < -0.39 is 29.2 Å². The summed E-state index contributed by atoms with van der Waals surface area (Å²) in [6, 6.07) is 27.7. The van der Waals surface area contributed by atoms with Gasteiger partial charge >= 0.3 is 0 Å². The van der Waals surface area contributed by atoms with Gasteiger partial charge in [0, 0.05) is 42.1 Å². The van der Waals surface area contributed by atoms with Crippen LogP contribution in [0.3, 0.4) is 0 Å². The van der Waals surface area contributed by atoms with E-state index in [1.165, 1.54) is 12.1 Å². The molecule has 0 bridgehead atoms. The van der Waals surface area contributed by atoms with Gasteiger partial charge in [0.25, 0.3) is 5.91 Å². The van der Waals surface area contributed by atoms with Gasteiger partial charge in [-0.2, -0.15) is 0 Å². The number of aliphatic hydroxyl groups excluding tert-OH is 1. The van der Waals surface area contributed by atoms with Crippen molar-refractivity contribution in [3.63, 3.8) is 0 Å². The van der Waals surface area contributed by atoms with Crippen LogP contribution in [-0.4, -0.2) is 42.2 Å². The Morgan fingerprint density at radius 3 is 2.34 bits per heavy atom. The van der Waals surface area contributed by atoms with Crippen molar-refractivity contribution in [3.05, 3.63) is 135 Å². The number of hydrogen-bond acceptors (Lipinski definition) is 6. The quantitative estimate of drug-likeness (QED) is 0.123. The van der Waals surface area contributed by atoms with Gasteiger partial charge in [0.15, 0.2) is 11.6 Å². The Morgan fingerprint density at radius 2 is 1.66 bits per heavy atom. The number of benzene rings is 4.